The molecule has 1 aromatic carbocycles. The Balaban J connectivity index is 2.93. The summed E-state index contributed by atoms with van der Waals surface area (Å²) in [7, 11) is 0. The fourth-order valence-corrected chi connectivity index (χ4v) is 2.10. The Morgan fingerprint density at radius 1 is 1.33 bits per heavy atom. The normalized spacial score (nSPS) is 15.5. The van der Waals surface area contributed by atoms with Crippen LogP contribution < -0.4 is 5.32 Å². The maximum Gasteiger partial charge on any atom is 0.416 e. The second-order valence-corrected chi connectivity index (χ2v) is 5.07. The molecule has 0 spiro atoms. The van der Waals surface area contributed by atoms with Gasteiger partial charge in [-0.25, -0.2) is 0 Å². The van der Waals surface area contributed by atoms with Gasteiger partial charge in [0.05, 0.1) is 11.7 Å². The average molecular weight is 326 g/mol. The van der Waals surface area contributed by atoms with Gasteiger partial charge in [0.1, 0.15) is 0 Å². The van der Waals surface area contributed by atoms with Crippen LogP contribution in [0, 0.1) is 0 Å². The first-order valence-electron chi connectivity index (χ1n) is 5.50. The van der Waals surface area contributed by atoms with Crippen molar-refractivity contribution in [3.8, 4) is 0 Å². The Kier molecular flexibility index (Phi) is 5.19. The molecule has 0 aliphatic rings. The van der Waals surface area contributed by atoms with Gasteiger partial charge in [-0.05, 0) is 37.6 Å². The van der Waals surface area contributed by atoms with E-state index in [1.165, 1.54) is 6.07 Å². The fraction of sp³-hybridized carbons (Fsp3) is 0.500. The maximum absolute atomic E-state index is 12.6. The Morgan fingerprint density at radius 2 is 1.94 bits per heavy atom. The van der Waals surface area contributed by atoms with Gasteiger partial charge in [-0.1, -0.05) is 15.9 Å². The lowest BCUT2D eigenvalue weighted by Gasteiger charge is -2.18. The number of aliphatic hydroxyl groups is 1. The summed E-state index contributed by atoms with van der Waals surface area (Å²) in [5.41, 5.74) is -0.156. The number of halogens is 4. The number of aliphatic hydroxyl groups excluding tert-OH is 1. The predicted octanol–water partition coefficient (Wildman–Crippen LogP) is 3.50. The summed E-state index contributed by atoms with van der Waals surface area (Å²) >= 11 is 3.23. The molecule has 1 aromatic rings. The number of alkyl halides is 3. The van der Waals surface area contributed by atoms with Gasteiger partial charge >= 0.3 is 6.18 Å². The molecule has 0 heterocycles. The highest BCUT2D eigenvalue weighted by molar-refractivity contribution is 9.10. The lowest BCUT2D eigenvalue weighted by Crippen LogP contribution is -2.27. The van der Waals surface area contributed by atoms with Crippen molar-refractivity contribution in [3.63, 3.8) is 0 Å². The third-order valence-corrected chi connectivity index (χ3v) is 3.23. The SMILES string of the molecule is CC(NC[C@H](C)O)c1cc(C(F)(F)F)ccc1Br. The van der Waals surface area contributed by atoms with Crippen LogP contribution in [0.5, 0.6) is 0 Å². The topological polar surface area (TPSA) is 32.3 Å². The number of hydrogen-bond donors (Lipinski definition) is 2. The first-order chi connectivity index (χ1) is 8.21. The van der Waals surface area contributed by atoms with E-state index < -0.39 is 17.8 Å². The van der Waals surface area contributed by atoms with Gasteiger partial charge in [-0.3, -0.25) is 0 Å². The lowest BCUT2D eigenvalue weighted by atomic mass is 10.0. The van der Waals surface area contributed by atoms with Gasteiger partial charge in [0, 0.05) is 17.1 Å². The van der Waals surface area contributed by atoms with Crippen molar-refractivity contribution in [2.45, 2.75) is 32.2 Å². The minimum Gasteiger partial charge on any atom is -0.392 e. The Bertz CT molecular complexity index is 407. The molecule has 2 nitrogen and oxygen atoms in total. The highest BCUT2D eigenvalue weighted by atomic mass is 79.9. The van der Waals surface area contributed by atoms with Gasteiger partial charge in [0.2, 0.25) is 0 Å². The van der Waals surface area contributed by atoms with Crippen LogP contribution in [0.1, 0.15) is 31.0 Å². The monoisotopic (exact) mass is 325 g/mol. The van der Waals surface area contributed by atoms with Crippen molar-refractivity contribution in [1.29, 1.82) is 0 Å². The molecule has 6 heteroatoms. The first-order valence-corrected chi connectivity index (χ1v) is 6.29. The average Bonchev–Trinajstić information content (AvgIpc) is 2.24. The van der Waals surface area contributed by atoms with E-state index in [-0.39, 0.29) is 6.04 Å². The molecule has 0 aliphatic heterocycles. The minimum absolute atomic E-state index is 0.281. The quantitative estimate of drug-likeness (QED) is 0.888. The van der Waals surface area contributed by atoms with E-state index in [1.54, 1.807) is 13.8 Å². The highest BCUT2D eigenvalue weighted by Crippen LogP contribution is 2.33. The third-order valence-electron chi connectivity index (χ3n) is 2.51. The Morgan fingerprint density at radius 3 is 2.44 bits per heavy atom. The van der Waals surface area contributed by atoms with Gasteiger partial charge in [0.15, 0.2) is 0 Å². The van der Waals surface area contributed by atoms with Gasteiger partial charge < -0.3 is 10.4 Å². The standard InChI is InChI=1S/C12H15BrF3NO/c1-7(18)6-17-8(2)10-5-9(12(14,15)16)3-4-11(10)13/h3-5,7-8,17-18H,6H2,1-2H3/t7-,8?/m0/s1. The zero-order chi connectivity index (χ0) is 13.9. The molecule has 2 atom stereocenters. The molecular weight excluding hydrogens is 311 g/mol. The van der Waals surface area contributed by atoms with E-state index in [0.29, 0.717) is 16.6 Å². The largest absolute Gasteiger partial charge is 0.416 e. The maximum atomic E-state index is 12.6. The summed E-state index contributed by atoms with van der Waals surface area (Å²) in [6.45, 7) is 3.69. The molecule has 1 rings (SSSR count). The Hall–Kier alpha value is -0.590. The smallest absolute Gasteiger partial charge is 0.392 e. The molecule has 0 saturated heterocycles. The summed E-state index contributed by atoms with van der Waals surface area (Å²) < 4.78 is 38.4. The van der Waals surface area contributed by atoms with E-state index in [4.69, 9.17) is 5.11 Å². The van der Waals surface area contributed by atoms with Crippen LogP contribution in [0.4, 0.5) is 13.2 Å². The fourth-order valence-electron chi connectivity index (χ4n) is 1.51. The van der Waals surface area contributed by atoms with Crippen molar-refractivity contribution in [3.05, 3.63) is 33.8 Å². The van der Waals surface area contributed by atoms with E-state index in [0.717, 1.165) is 12.1 Å². The van der Waals surface area contributed by atoms with Crippen LogP contribution in [0.2, 0.25) is 0 Å². The van der Waals surface area contributed by atoms with Gasteiger partial charge in [-0.15, -0.1) is 0 Å². The van der Waals surface area contributed by atoms with Crippen LogP contribution in [0.15, 0.2) is 22.7 Å². The zero-order valence-corrected chi connectivity index (χ0v) is 11.6. The van der Waals surface area contributed by atoms with Gasteiger partial charge in [-0.2, -0.15) is 13.2 Å². The molecular formula is C12H15BrF3NO. The molecule has 2 N–H and O–H groups in total. The lowest BCUT2D eigenvalue weighted by molar-refractivity contribution is -0.137. The Labute approximate surface area is 112 Å². The van der Waals surface area contributed by atoms with Crippen LogP contribution in [-0.2, 0) is 6.18 Å². The summed E-state index contributed by atoms with van der Waals surface area (Å²) in [4.78, 5) is 0. The van der Waals surface area contributed by atoms with Crippen LogP contribution in [0.3, 0.4) is 0 Å². The van der Waals surface area contributed by atoms with E-state index >= 15 is 0 Å². The first kappa shape index (κ1) is 15.5. The molecule has 18 heavy (non-hydrogen) atoms. The van der Waals surface area contributed by atoms with Gasteiger partial charge in [0.25, 0.3) is 0 Å². The molecule has 0 aromatic heterocycles. The van der Waals surface area contributed by atoms with Crippen molar-refractivity contribution in [2.24, 2.45) is 0 Å². The van der Waals surface area contributed by atoms with Crippen molar-refractivity contribution >= 4 is 15.9 Å². The highest BCUT2D eigenvalue weighted by Gasteiger charge is 2.31. The summed E-state index contributed by atoms with van der Waals surface area (Å²) in [6, 6.07) is 3.26. The van der Waals surface area contributed by atoms with Crippen LogP contribution in [0.25, 0.3) is 0 Å². The van der Waals surface area contributed by atoms with Crippen molar-refractivity contribution in [2.75, 3.05) is 6.54 Å². The summed E-state index contributed by atoms with van der Waals surface area (Å²) in [5.74, 6) is 0. The molecule has 0 amide bonds. The van der Waals surface area contributed by atoms with Crippen LogP contribution in [-0.4, -0.2) is 17.8 Å². The third kappa shape index (κ3) is 4.26. The summed E-state index contributed by atoms with van der Waals surface area (Å²) in [6.07, 6.45) is -4.89. The van der Waals surface area contributed by atoms with Crippen molar-refractivity contribution < 1.29 is 18.3 Å². The molecule has 0 saturated carbocycles. The molecule has 0 radical (unpaired) electrons. The predicted molar refractivity (Wildman–Crippen MR) is 67.2 cm³/mol. The van der Waals surface area contributed by atoms with Crippen molar-refractivity contribution in [1.82, 2.24) is 5.32 Å². The van der Waals surface area contributed by atoms with E-state index in [2.05, 4.69) is 21.2 Å². The number of hydrogen-bond acceptors (Lipinski definition) is 2. The van der Waals surface area contributed by atoms with E-state index in [1.807, 2.05) is 0 Å². The molecule has 1 unspecified atom stereocenters. The number of rotatable bonds is 4. The van der Waals surface area contributed by atoms with Crippen LogP contribution >= 0.6 is 15.9 Å². The molecule has 0 aliphatic carbocycles. The number of nitrogens with one attached hydrogen (secondary N) is 1. The molecule has 0 bridgehead atoms. The second kappa shape index (κ2) is 6.04. The summed E-state index contributed by atoms with van der Waals surface area (Å²) in [5, 5.41) is 12.1. The number of benzene rings is 1. The van der Waals surface area contributed by atoms with E-state index in [9.17, 15) is 13.2 Å². The minimum atomic E-state index is -4.35. The zero-order valence-electron chi connectivity index (χ0n) is 10.1. The second-order valence-electron chi connectivity index (χ2n) is 4.21. The molecule has 102 valence electrons. The molecule has 0 fully saturated rings.